The van der Waals surface area contributed by atoms with E-state index in [4.69, 9.17) is 20.8 Å². The number of carbonyl (C=O) groups is 1. The topological polar surface area (TPSA) is 130 Å². The van der Waals surface area contributed by atoms with Gasteiger partial charge in [0.15, 0.2) is 0 Å². The molecule has 0 unspecified atom stereocenters. The Morgan fingerprint density at radius 1 is 1.20 bits per heavy atom. The summed E-state index contributed by atoms with van der Waals surface area (Å²) in [5.41, 5.74) is 1.05. The molecule has 2 N–H and O–H groups in total. The Kier molecular flexibility index (Phi) is 5.86. The Balaban J connectivity index is 1.45. The van der Waals surface area contributed by atoms with Crippen LogP contribution >= 0.6 is 11.6 Å². The van der Waals surface area contributed by atoms with E-state index in [9.17, 15) is 13.2 Å². The summed E-state index contributed by atoms with van der Waals surface area (Å²) >= 11 is 5.83. The van der Waals surface area contributed by atoms with Crippen LogP contribution in [0.25, 0.3) is 11.6 Å². The SMILES string of the molecule is O=C(c1nnc(-c2cc(S(=O)(=O)NCc3ccc(Cl)cc3)c[nH]2)o1)N1CCOCC1. The van der Waals surface area contributed by atoms with Gasteiger partial charge in [-0.3, -0.25) is 4.79 Å². The molecule has 1 aromatic carbocycles. The van der Waals surface area contributed by atoms with E-state index in [1.807, 2.05) is 0 Å². The predicted molar refractivity (Wildman–Crippen MR) is 106 cm³/mol. The number of aromatic nitrogens is 3. The number of hydrogen-bond acceptors (Lipinski definition) is 7. The zero-order valence-corrected chi connectivity index (χ0v) is 17.2. The molecule has 10 nitrogen and oxygen atoms in total. The summed E-state index contributed by atoms with van der Waals surface area (Å²) in [6.07, 6.45) is 1.31. The first kappa shape index (κ1) is 20.5. The number of sulfonamides is 1. The first-order valence-corrected chi connectivity index (χ1v) is 10.9. The van der Waals surface area contributed by atoms with Crippen molar-refractivity contribution in [3.8, 4) is 11.6 Å². The molecular weight excluding hydrogens is 434 g/mol. The Morgan fingerprint density at radius 3 is 2.67 bits per heavy atom. The van der Waals surface area contributed by atoms with Crippen LogP contribution in [0.5, 0.6) is 0 Å². The molecule has 12 heteroatoms. The largest absolute Gasteiger partial charge is 0.411 e. The maximum absolute atomic E-state index is 12.5. The minimum Gasteiger partial charge on any atom is -0.411 e. The second-order valence-corrected chi connectivity index (χ2v) is 8.72. The third kappa shape index (κ3) is 4.54. The highest BCUT2D eigenvalue weighted by Gasteiger charge is 2.25. The highest BCUT2D eigenvalue weighted by atomic mass is 35.5. The Bertz CT molecular complexity index is 1140. The lowest BCUT2D eigenvalue weighted by Gasteiger charge is -2.25. The second-order valence-electron chi connectivity index (χ2n) is 6.52. The van der Waals surface area contributed by atoms with Gasteiger partial charge in [0.05, 0.1) is 13.2 Å². The lowest BCUT2D eigenvalue weighted by atomic mass is 10.2. The molecule has 0 radical (unpaired) electrons. The molecule has 3 aromatic rings. The smallest absolute Gasteiger partial charge is 0.311 e. The molecule has 1 saturated heterocycles. The van der Waals surface area contributed by atoms with Gasteiger partial charge in [-0.25, -0.2) is 13.1 Å². The van der Waals surface area contributed by atoms with E-state index in [2.05, 4.69) is 19.9 Å². The van der Waals surface area contributed by atoms with Gasteiger partial charge in [0, 0.05) is 30.9 Å². The van der Waals surface area contributed by atoms with Gasteiger partial charge in [0.2, 0.25) is 10.0 Å². The zero-order chi connectivity index (χ0) is 21.1. The number of H-pyrrole nitrogens is 1. The quantitative estimate of drug-likeness (QED) is 0.582. The molecule has 0 aliphatic carbocycles. The fraction of sp³-hybridized carbons (Fsp3) is 0.278. The molecule has 0 spiro atoms. The predicted octanol–water partition coefficient (Wildman–Crippen LogP) is 1.67. The van der Waals surface area contributed by atoms with Crippen molar-refractivity contribution < 1.29 is 22.4 Å². The summed E-state index contributed by atoms with van der Waals surface area (Å²) in [5.74, 6) is -0.529. The van der Waals surface area contributed by atoms with Crippen LogP contribution in [0.15, 0.2) is 45.8 Å². The van der Waals surface area contributed by atoms with Gasteiger partial charge in [0.25, 0.3) is 5.89 Å². The molecule has 3 heterocycles. The molecule has 1 aliphatic heterocycles. The third-order valence-electron chi connectivity index (χ3n) is 4.48. The summed E-state index contributed by atoms with van der Waals surface area (Å²) in [6, 6.07) is 8.20. The van der Waals surface area contributed by atoms with Crippen LogP contribution in [0.3, 0.4) is 0 Å². The van der Waals surface area contributed by atoms with E-state index in [-0.39, 0.29) is 34.8 Å². The molecule has 30 heavy (non-hydrogen) atoms. The molecule has 1 fully saturated rings. The number of amides is 1. The van der Waals surface area contributed by atoms with Crippen molar-refractivity contribution in [3.05, 3.63) is 53.0 Å². The summed E-state index contributed by atoms with van der Waals surface area (Å²) in [5, 5.41) is 8.19. The summed E-state index contributed by atoms with van der Waals surface area (Å²) < 4.78 is 38.2. The lowest BCUT2D eigenvalue weighted by Crippen LogP contribution is -2.40. The molecule has 1 amide bonds. The van der Waals surface area contributed by atoms with Gasteiger partial charge in [-0.1, -0.05) is 23.7 Å². The normalized spacial score (nSPS) is 14.8. The molecule has 158 valence electrons. The first-order valence-electron chi connectivity index (χ1n) is 9.06. The summed E-state index contributed by atoms with van der Waals surface area (Å²) in [4.78, 5) is 16.8. The van der Waals surface area contributed by atoms with Crippen LogP contribution in [0.1, 0.15) is 16.2 Å². The summed E-state index contributed by atoms with van der Waals surface area (Å²) in [6.45, 7) is 1.90. The second kappa shape index (κ2) is 8.56. The van der Waals surface area contributed by atoms with Crippen molar-refractivity contribution in [3.63, 3.8) is 0 Å². The van der Waals surface area contributed by atoms with E-state index in [1.165, 1.54) is 12.3 Å². The Hall–Kier alpha value is -2.73. The third-order valence-corrected chi connectivity index (χ3v) is 6.12. The number of rotatable bonds is 6. The van der Waals surface area contributed by atoms with Gasteiger partial charge in [-0.2, -0.15) is 0 Å². The van der Waals surface area contributed by atoms with Crippen molar-refractivity contribution in [1.29, 1.82) is 0 Å². The first-order chi connectivity index (χ1) is 14.4. The monoisotopic (exact) mass is 451 g/mol. The fourth-order valence-corrected chi connectivity index (χ4v) is 3.97. The van der Waals surface area contributed by atoms with Gasteiger partial charge < -0.3 is 19.0 Å². The van der Waals surface area contributed by atoms with Crippen LogP contribution < -0.4 is 4.72 Å². The number of morpholine rings is 1. The molecule has 0 saturated carbocycles. The van der Waals surface area contributed by atoms with Gasteiger partial charge in [-0.15, -0.1) is 10.2 Å². The van der Waals surface area contributed by atoms with Crippen molar-refractivity contribution >= 4 is 27.5 Å². The van der Waals surface area contributed by atoms with Crippen molar-refractivity contribution in [2.75, 3.05) is 26.3 Å². The number of halogens is 1. The van der Waals surface area contributed by atoms with Gasteiger partial charge in [0.1, 0.15) is 10.6 Å². The number of benzene rings is 1. The maximum atomic E-state index is 12.5. The molecule has 4 rings (SSSR count). The van der Waals surface area contributed by atoms with Crippen LogP contribution in [-0.2, 0) is 21.3 Å². The number of carbonyl (C=O) groups excluding carboxylic acids is 1. The van der Waals surface area contributed by atoms with E-state index < -0.39 is 10.0 Å². The summed E-state index contributed by atoms with van der Waals surface area (Å²) in [7, 11) is -3.78. The van der Waals surface area contributed by atoms with E-state index >= 15 is 0 Å². The van der Waals surface area contributed by atoms with Crippen LogP contribution in [-0.4, -0.2) is 60.7 Å². The van der Waals surface area contributed by atoms with Crippen molar-refractivity contribution in [2.45, 2.75) is 11.4 Å². The molecular formula is C18H18ClN5O5S. The number of ether oxygens (including phenoxy) is 1. The van der Waals surface area contributed by atoms with E-state index in [0.717, 1.165) is 5.56 Å². The van der Waals surface area contributed by atoms with Crippen LogP contribution in [0.2, 0.25) is 5.02 Å². The average Bonchev–Trinajstić information content (AvgIpc) is 3.44. The number of aromatic amines is 1. The minimum absolute atomic E-state index is 0.00530. The highest BCUT2D eigenvalue weighted by molar-refractivity contribution is 7.89. The Morgan fingerprint density at radius 2 is 1.93 bits per heavy atom. The minimum atomic E-state index is -3.78. The van der Waals surface area contributed by atoms with E-state index in [0.29, 0.717) is 31.3 Å². The van der Waals surface area contributed by atoms with Crippen LogP contribution in [0, 0.1) is 0 Å². The van der Waals surface area contributed by atoms with Gasteiger partial charge >= 0.3 is 11.8 Å². The molecule has 0 atom stereocenters. The van der Waals surface area contributed by atoms with E-state index in [1.54, 1.807) is 29.2 Å². The van der Waals surface area contributed by atoms with Gasteiger partial charge in [-0.05, 0) is 23.8 Å². The number of hydrogen-bond donors (Lipinski definition) is 2. The van der Waals surface area contributed by atoms with Crippen molar-refractivity contribution in [2.24, 2.45) is 0 Å². The molecule has 1 aliphatic rings. The van der Waals surface area contributed by atoms with Crippen molar-refractivity contribution in [1.82, 2.24) is 24.8 Å². The standard InChI is InChI=1S/C18H18ClN5O5S/c19-13-3-1-12(2-4-13)10-21-30(26,27)14-9-15(20-11-14)16-22-23-17(29-16)18(25)24-5-7-28-8-6-24/h1-4,9,11,20-21H,5-8,10H2. The Labute approximate surface area is 177 Å². The molecule has 0 bridgehead atoms. The van der Waals surface area contributed by atoms with Crippen LogP contribution in [0.4, 0.5) is 0 Å². The molecule has 2 aromatic heterocycles. The number of nitrogens with one attached hydrogen (secondary N) is 2. The zero-order valence-electron chi connectivity index (χ0n) is 15.7. The average molecular weight is 452 g/mol. The highest BCUT2D eigenvalue weighted by Crippen LogP contribution is 2.21. The number of nitrogens with zero attached hydrogens (tertiary/aromatic N) is 3. The lowest BCUT2D eigenvalue weighted by molar-refractivity contribution is 0.0278. The maximum Gasteiger partial charge on any atom is 0.311 e. The fourth-order valence-electron chi connectivity index (χ4n) is 2.84.